The number of hydrogen-bond acceptors (Lipinski definition) is 12. The first kappa shape index (κ1) is 46.5. The molecule has 3 aromatic rings. The summed E-state index contributed by atoms with van der Waals surface area (Å²) in [7, 11) is -3.69. The Morgan fingerprint density at radius 3 is 2.34 bits per heavy atom. The highest BCUT2D eigenvalue weighted by Crippen LogP contribution is 2.37. The van der Waals surface area contributed by atoms with Gasteiger partial charge in [0.2, 0.25) is 17.8 Å². The largest absolute Gasteiger partial charge is 0.419 e. The topological polar surface area (TPSA) is 195 Å². The standard InChI is InChI=1S/C44H55F3N10O7S/c1-43(2,61)28-54-26-31(23-49-54)39-36(44(45,46)47)24-48-42(52-39)50-32-12-20-56(21-13-32)65(62,63)55-18-10-29(11-19-55)25-53-16-14-33(15-17-53)64-22-4-6-30-5-3-7-34-35(30)27-57(41(34)60)37-8-9-38(58)51-40(37)59/h3,5,7,23-24,26,29,32-33,37,61H,8-22,25,27-28H2,1-2H3,(H,48,50,52)(H,51,58,59). The molecule has 65 heavy (non-hydrogen) atoms. The van der Waals surface area contributed by atoms with Crippen LogP contribution < -0.4 is 10.6 Å². The molecule has 0 radical (unpaired) electrons. The Hall–Kier alpha value is -4.98. The molecule has 0 bridgehead atoms. The number of rotatable bonds is 12. The van der Waals surface area contributed by atoms with E-state index in [1.807, 2.05) is 6.07 Å². The van der Waals surface area contributed by atoms with E-state index in [2.05, 4.69) is 42.4 Å². The van der Waals surface area contributed by atoms with Crippen molar-refractivity contribution < 1.29 is 45.8 Å². The van der Waals surface area contributed by atoms with Crippen LogP contribution >= 0.6 is 0 Å². The molecule has 3 N–H and O–H groups in total. The predicted molar refractivity (Wildman–Crippen MR) is 231 cm³/mol. The number of nitrogens with one attached hydrogen (secondary N) is 2. The highest BCUT2D eigenvalue weighted by Gasteiger charge is 2.41. The first-order valence-corrected chi connectivity index (χ1v) is 23.6. The van der Waals surface area contributed by atoms with Gasteiger partial charge >= 0.3 is 6.18 Å². The molecular weight excluding hydrogens is 870 g/mol. The van der Waals surface area contributed by atoms with E-state index in [1.165, 1.54) is 26.3 Å². The van der Waals surface area contributed by atoms with Crippen molar-refractivity contribution in [3.8, 4) is 23.1 Å². The Bertz CT molecular complexity index is 2430. The highest BCUT2D eigenvalue weighted by molar-refractivity contribution is 7.86. The fourth-order valence-electron chi connectivity index (χ4n) is 9.36. The van der Waals surface area contributed by atoms with Crippen molar-refractivity contribution in [3.05, 3.63) is 59.0 Å². The summed E-state index contributed by atoms with van der Waals surface area (Å²) < 4.78 is 79.8. The SMILES string of the molecule is CC(C)(O)Cn1cc(-c2nc(NC3CCN(S(=O)(=O)N4CCC(CN5CCC(OCC#Cc6cccc7c6CN(C6CCC(=O)NC6=O)C7=O)CC5)CC4)CC3)ncc2C(F)(F)F)cn1. The number of likely N-dealkylation sites (tertiary alicyclic amines) is 1. The van der Waals surface area contributed by atoms with Gasteiger partial charge in [-0.1, -0.05) is 17.9 Å². The fraction of sp³-hybridized carbons (Fsp3) is 0.591. The Morgan fingerprint density at radius 1 is 0.954 bits per heavy atom. The number of carbonyl (C=O) groups excluding carboxylic acids is 3. The molecule has 17 nitrogen and oxygen atoms in total. The average Bonchev–Trinajstić information content (AvgIpc) is 3.86. The van der Waals surface area contributed by atoms with Gasteiger partial charge in [-0.2, -0.15) is 35.3 Å². The number of carbonyl (C=O) groups is 3. The van der Waals surface area contributed by atoms with Crippen molar-refractivity contribution in [1.82, 2.24) is 43.5 Å². The maximum Gasteiger partial charge on any atom is 0.419 e. The third kappa shape index (κ3) is 11.0. The van der Waals surface area contributed by atoms with Gasteiger partial charge in [-0.25, -0.2) is 9.97 Å². The lowest BCUT2D eigenvalue weighted by Gasteiger charge is -2.39. The minimum atomic E-state index is -4.71. The maximum atomic E-state index is 14.0. The maximum absolute atomic E-state index is 14.0. The third-order valence-corrected chi connectivity index (χ3v) is 14.8. The lowest BCUT2D eigenvalue weighted by molar-refractivity contribution is -0.138. The smallest absolute Gasteiger partial charge is 0.389 e. The number of hydrogen-bond donors (Lipinski definition) is 3. The summed E-state index contributed by atoms with van der Waals surface area (Å²) in [5, 5.41) is 19.7. The summed E-state index contributed by atoms with van der Waals surface area (Å²) in [5.41, 5.74) is -0.332. The number of anilines is 1. The van der Waals surface area contributed by atoms with E-state index in [0.29, 0.717) is 43.8 Å². The average molecular weight is 925 g/mol. The molecule has 350 valence electrons. The van der Waals surface area contributed by atoms with Crippen LogP contribution in [0.5, 0.6) is 0 Å². The van der Waals surface area contributed by atoms with Gasteiger partial charge in [-0.15, -0.1) is 0 Å². The van der Waals surface area contributed by atoms with Crippen molar-refractivity contribution in [1.29, 1.82) is 0 Å². The fourth-order valence-corrected chi connectivity index (χ4v) is 11.0. The number of amides is 3. The number of imide groups is 1. The predicted octanol–water partition coefficient (Wildman–Crippen LogP) is 3.26. The number of benzene rings is 1. The number of fused-ring (bicyclic) bond motifs is 1. The second-order valence-electron chi connectivity index (χ2n) is 18.2. The number of piperidine rings is 4. The molecule has 21 heteroatoms. The highest BCUT2D eigenvalue weighted by atomic mass is 32.2. The van der Waals surface area contributed by atoms with Crippen LogP contribution in [-0.4, -0.2) is 146 Å². The van der Waals surface area contributed by atoms with Crippen molar-refractivity contribution in [2.45, 2.75) is 108 Å². The Morgan fingerprint density at radius 2 is 1.66 bits per heavy atom. The molecule has 1 atom stereocenters. The normalized spacial score (nSPS) is 21.6. The Balaban J connectivity index is 0.751. The van der Waals surface area contributed by atoms with E-state index in [9.17, 15) is 41.1 Å². The summed E-state index contributed by atoms with van der Waals surface area (Å²) in [4.78, 5) is 49.3. The second-order valence-corrected chi connectivity index (χ2v) is 20.1. The molecule has 0 saturated carbocycles. The van der Waals surface area contributed by atoms with Gasteiger partial charge in [0.25, 0.3) is 16.1 Å². The molecule has 1 aromatic carbocycles. The molecular formula is C44H55F3N10O7S. The van der Waals surface area contributed by atoms with Gasteiger partial charge in [0, 0.05) is 93.9 Å². The lowest BCUT2D eigenvalue weighted by atomic mass is 9.96. The summed E-state index contributed by atoms with van der Waals surface area (Å²) in [6.07, 6.45) is 3.35. The second kappa shape index (κ2) is 19.1. The van der Waals surface area contributed by atoms with Gasteiger partial charge in [-0.3, -0.25) is 24.4 Å². The number of ether oxygens (including phenoxy) is 1. The van der Waals surface area contributed by atoms with Crippen molar-refractivity contribution in [3.63, 3.8) is 0 Å². The van der Waals surface area contributed by atoms with Crippen molar-refractivity contribution in [2.75, 3.05) is 57.7 Å². The van der Waals surface area contributed by atoms with Crippen LogP contribution in [0.2, 0.25) is 0 Å². The summed E-state index contributed by atoms with van der Waals surface area (Å²) in [6, 6.07) is 4.44. The minimum Gasteiger partial charge on any atom is -0.389 e. The van der Waals surface area contributed by atoms with Crippen LogP contribution in [0.4, 0.5) is 19.1 Å². The number of nitrogens with zero attached hydrogens (tertiary/aromatic N) is 8. The summed E-state index contributed by atoms with van der Waals surface area (Å²) in [5.74, 6) is 5.63. The minimum absolute atomic E-state index is 0.00328. The third-order valence-electron chi connectivity index (χ3n) is 12.8. The van der Waals surface area contributed by atoms with Crippen LogP contribution in [0.1, 0.15) is 92.3 Å². The molecule has 0 spiro atoms. The van der Waals surface area contributed by atoms with Gasteiger partial charge in [0.05, 0.1) is 30.1 Å². The van der Waals surface area contributed by atoms with E-state index in [1.54, 1.807) is 30.3 Å². The molecule has 4 saturated heterocycles. The van der Waals surface area contributed by atoms with E-state index in [0.717, 1.165) is 62.6 Å². The summed E-state index contributed by atoms with van der Waals surface area (Å²) in [6.45, 7) is 7.73. The zero-order valence-corrected chi connectivity index (χ0v) is 37.3. The number of aliphatic hydroxyl groups is 1. The van der Waals surface area contributed by atoms with Gasteiger partial charge in [-0.05, 0) is 82.4 Å². The zero-order chi connectivity index (χ0) is 46.1. The first-order chi connectivity index (χ1) is 30.9. The quantitative estimate of drug-likeness (QED) is 0.178. The monoisotopic (exact) mass is 924 g/mol. The van der Waals surface area contributed by atoms with Crippen LogP contribution in [0.25, 0.3) is 11.3 Å². The molecule has 3 amide bonds. The van der Waals surface area contributed by atoms with Crippen LogP contribution in [-0.2, 0) is 43.8 Å². The first-order valence-electron chi connectivity index (χ1n) is 22.2. The Kier molecular flexibility index (Phi) is 13.7. The van der Waals surface area contributed by atoms with E-state index in [-0.39, 0.29) is 80.4 Å². The molecule has 8 rings (SSSR count). The molecule has 0 aliphatic carbocycles. The summed E-state index contributed by atoms with van der Waals surface area (Å²) >= 11 is 0. The molecule has 7 heterocycles. The van der Waals surface area contributed by atoms with E-state index < -0.39 is 39.5 Å². The van der Waals surface area contributed by atoms with E-state index >= 15 is 0 Å². The van der Waals surface area contributed by atoms with Crippen LogP contribution in [0.3, 0.4) is 0 Å². The van der Waals surface area contributed by atoms with Gasteiger partial charge in [0.1, 0.15) is 18.2 Å². The number of alkyl halides is 3. The molecule has 1 unspecified atom stereocenters. The molecule has 5 aliphatic rings. The van der Waals surface area contributed by atoms with Crippen molar-refractivity contribution >= 4 is 33.9 Å². The van der Waals surface area contributed by atoms with E-state index in [4.69, 9.17) is 4.74 Å². The van der Waals surface area contributed by atoms with Crippen molar-refractivity contribution in [2.24, 2.45) is 5.92 Å². The van der Waals surface area contributed by atoms with Crippen LogP contribution in [0, 0.1) is 17.8 Å². The molecule has 5 aliphatic heterocycles. The number of halogens is 3. The van der Waals surface area contributed by atoms with Gasteiger partial charge in [0.15, 0.2) is 0 Å². The van der Waals surface area contributed by atoms with Crippen LogP contribution in [0.15, 0.2) is 36.8 Å². The van der Waals surface area contributed by atoms with Gasteiger partial charge < -0.3 is 25.0 Å². The number of aromatic nitrogens is 4. The lowest BCUT2D eigenvalue weighted by Crippen LogP contribution is -2.52. The molecule has 4 fully saturated rings. The Labute approximate surface area is 376 Å². The molecule has 2 aromatic heterocycles. The zero-order valence-electron chi connectivity index (χ0n) is 36.5.